The Hall–Kier alpha value is -1.76. The van der Waals surface area contributed by atoms with E-state index >= 15 is 0 Å². The predicted octanol–water partition coefficient (Wildman–Crippen LogP) is 0.545. The van der Waals surface area contributed by atoms with Gasteiger partial charge in [0.25, 0.3) is 0 Å². The molecule has 0 aliphatic rings. The summed E-state index contributed by atoms with van der Waals surface area (Å²) in [5.41, 5.74) is 7.14. The van der Waals surface area contributed by atoms with Gasteiger partial charge in [0.05, 0.1) is 5.69 Å². The van der Waals surface area contributed by atoms with Crippen LogP contribution in [0.5, 0.6) is 0 Å². The molecule has 0 aromatic carbocycles. The number of nitrogen functional groups attached to an aromatic ring is 1. The van der Waals surface area contributed by atoms with E-state index in [1.807, 2.05) is 13.0 Å². The average molecular weight is 237 g/mol. The number of hydrogen-bond acceptors (Lipinski definition) is 5. The number of aromatic amines is 1. The molecule has 2 rings (SSSR count). The fraction of sp³-hybridized carbons (Fsp3) is 0.222. The first-order valence-electron chi connectivity index (χ1n) is 4.59. The summed E-state index contributed by atoms with van der Waals surface area (Å²) >= 11 is 1.25. The van der Waals surface area contributed by atoms with Gasteiger partial charge in [0.1, 0.15) is 5.03 Å². The van der Waals surface area contributed by atoms with Crippen molar-refractivity contribution < 1.29 is 0 Å². The fourth-order valence-electron chi connectivity index (χ4n) is 1.17. The zero-order valence-electron chi connectivity index (χ0n) is 8.89. The molecule has 16 heavy (non-hydrogen) atoms. The van der Waals surface area contributed by atoms with Crippen molar-refractivity contribution in [1.82, 2.24) is 19.7 Å². The summed E-state index contributed by atoms with van der Waals surface area (Å²) in [6.07, 6.45) is 1.73. The van der Waals surface area contributed by atoms with Crippen LogP contribution in [-0.4, -0.2) is 19.7 Å². The molecule has 6 nitrogen and oxygen atoms in total. The minimum absolute atomic E-state index is 0.256. The number of aromatic nitrogens is 4. The van der Waals surface area contributed by atoms with E-state index in [9.17, 15) is 4.79 Å². The van der Waals surface area contributed by atoms with E-state index in [4.69, 9.17) is 5.73 Å². The molecule has 0 amide bonds. The number of hydrogen-bond donors (Lipinski definition) is 2. The minimum atomic E-state index is -0.256. The number of anilines is 1. The summed E-state index contributed by atoms with van der Waals surface area (Å²) in [5, 5.41) is 7.40. The molecule has 0 unspecified atom stereocenters. The Morgan fingerprint density at radius 1 is 1.56 bits per heavy atom. The Balaban J connectivity index is 2.34. The molecule has 0 aliphatic heterocycles. The first-order chi connectivity index (χ1) is 7.58. The zero-order chi connectivity index (χ0) is 11.7. The quantitative estimate of drug-likeness (QED) is 0.796. The predicted molar refractivity (Wildman–Crippen MR) is 61.3 cm³/mol. The van der Waals surface area contributed by atoms with Gasteiger partial charge in [-0.05, 0) is 30.3 Å². The SMILES string of the molecule is Cc1cnc(Sc2n[nH]c(=O)n2C)c(N)c1. The first-order valence-corrected chi connectivity index (χ1v) is 5.41. The van der Waals surface area contributed by atoms with Gasteiger partial charge in [-0.1, -0.05) is 0 Å². The van der Waals surface area contributed by atoms with E-state index in [-0.39, 0.29) is 5.69 Å². The van der Waals surface area contributed by atoms with Gasteiger partial charge in [0, 0.05) is 13.2 Å². The van der Waals surface area contributed by atoms with Crippen LogP contribution in [0.15, 0.2) is 27.2 Å². The van der Waals surface area contributed by atoms with Gasteiger partial charge in [0.2, 0.25) is 0 Å². The van der Waals surface area contributed by atoms with Crippen LogP contribution in [0.2, 0.25) is 0 Å². The molecule has 0 radical (unpaired) electrons. The Morgan fingerprint density at radius 3 is 2.88 bits per heavy atom. The normalized spacial score (nSPS) is 10.6. The van der Waals surface area contributed by atoms with Gasteiger partial charge in [-0.25, -0.2) is 14.9 Å². The highest BCUT2D eigenvalue weighted by molar-refractivity contribution is 7.99. The van der Waals surface area contributed by atoms with Crippen LogP contribution >= 0.6 is 11.8 Å². The van der Waals surface area contributed by atoms with Crippen molar-refractivity contribution in [1.29, 1.82) is 0 Å². The zero-order valence-corrected chi connectivity index (χ0v) is 9.71. The highest BCUT2D eigenvalue weighted by Crippen LogP contribution is 2.27. The summed E-state index contributed by atoms with van der Waals surface area (Å²) in [4.78, 5) is 15.3. The number of rotatable bonds is 2. The standard InChI is InChI=1S/C9H11N5OS/c1-5-3-6(10)7(11-4-5)16-9-13-12-8(15)14(9)2/h3-4H,10H2,1-2H3,(H,12,15). The van der Waals surface area contributed by atoms with E-state index < -0.39 is 0 Å². The lowest BCUT2D eigenvalue weighted by atomic mass is 10.3. The second kappa shape index (κ2) is 4.01. The summed E-state index contributed by atoms with van der Waals surface area (Å²) in [5.74, 6) is 0. The van der Waals surface area contributed by atoms with Crippen LogP contribution in [0.3, 0.4) is 0 Å². The molecule has 2 heterocycles. The number of H-pyrrole nitrogens is 1. The van der Waals surface area contributed by atoms with Crippen molar-refractivity contribution >= 4 is 17.4 Å². The van der Waals surface area contributed by atoms with E-state index in [1.54, 1.807) is 13.2 Å². The molecule has 3 N–H and O–H groups in total. The minimum Gasteiger partial charge on any atom is -0.397 e. The van der Waals surface area contributed by atoms with Gasteiger partial charge < -0.3 is 5.73 Å². The lowest BCUT2D eigenvalue weighted by Gasteiger charge is -2.03. The van der Waals surface area contributed by atoms with Gasteiger partial charge in [-0.15, -0.1) is 5.10 Å². The molecular weight excluding hydrogens is 226 g/mol. The van der Waals surface area contributed by atoms with E-state index in [0.717, 1.165) is 5.56 Å². The van der Waals surface area contributed by atoms with Crippen LogP contribution in [0.1, 0.15) is 5.56 Å². The highest BCUT2D eigenvalue weighted by Gasteiger charge is 2.09. The lowest BCUT2D eigenvalue weighted by molar-refractivity contribution is 0.765. The van der Waals surface area contributed by atoms with E-state index in [1.165, 1.54) is 16.3 Å². The molecule has 0 saturated carbocycles. The van der Waals surface area contributed by atoms with Crippen molar-refractivity contribution in [3.05, 3.63) is 28.3 Å². The van der Waals surface area contributed by atoms with Crippen LogP contribution in [0, 0.1) is 6.92 Å². The number of aryl methyl sites for hydroxylation is 1. The molecule has 84 valence electrons. The third-order valence-electron chi connectivity index (χ3n) is 2.04. The van der Waals surface area contributed by atoms with Gasteiger partial charge in [-0.2, -0.15) is 0 Å². The maximum atomic E-state index is 11.1. The molecule has 0 bridgehead atoms. The second-order valence-corrected chi connectivity index (χ2v) is 4.34. The van der Waals surface area contributed by atoms with Crippen molar-refractivity contribution in [2.45, 2.75) is 17.1 Å². The summed E-state index contributed by atoms with van der Waals surface area (Å²) in [7, 11) is 1.64. The van der Waals surface area contributed by atoms with Crippen LogP contribution < -0.4 is 11.4 Å². The smallest absolute Gasteiger partial charge is 0.343 e. The third-order valence-corrected chi connectivity index (χ3v) is 3.12. The summed E-state index contributed by atoms with van der Waals surface area (Å²) in [6.45, 7) is 1.92. The van der Waals surface area contributed by atoms with E-state index in [2.05, 4.69) is 15.2 Å². The van der Waals surface area contributed by atoms with Crippen LogP contribution in [-0.2, 0) is 7.05 Å². The van der Waals surface area contributed by atoms with Crippen LogP contribution in [0.25, 0.3) is 0 Å². The molecule has 2 aromatic rings. The molecule has 0 fully saturated rings. The Morgan fingerprint density at radius 2 is 2.31 bits per heavy atom. The Kier molecular flexibility index (Phi) is 2.69. The maximum absolute atomic E-state index is 11.1. The van der Waals surface area contributed by atoms with Crippen molar-refractivity contribution in [3.8, 4) is 0 Å². The molecule has 0 aliphatic carbocycles. The first kappa shape index (κ1) is 10.7. The number of nitrogens with one attached hydrogen (secondary N) is 1. The van der Waals surface area contributed by atoms with Gasteiger partial charge in [0.15, 0.2) is 5.16 Å². The van der Waals surface area contributed by atoms with Crippen molar-refractivity contribution in [2.24, 2.45) is 7.05 Å². The topological polar surface area (TPSA) is 89.6 Å². The Labute approximate surface area is 95.9 Å². The van der Waals surface area contributed by atoms with Crippen LogP contribution in [0.4, 0.5) is 5.69 Å². The molecule has 0 atom stereocenters. The number of nitrogens with two attached hydrogens (primary N) is 1. The summed E-state index contributed by atoms with van der Waals surface area (Å²) < 4.78 is 1.41. The monoisotopic (exact) mass is 237 g/mol. The molecule has 7 heteroatoms. The molecule has 0 spiro atoms. The van der Waals surface area contributed by atoms with E-state index in [0.29, 0.717) is 15.9 Å². The van der Waals surface area contributed by atoms with Gasteiger partial charge in [-0.3, -0.25) is 4.57 Å². The van der Waals surface area contributed by atoms with Crippen molar-refractivity contribution in [2.75, 3.05) is 5.73 Å². The van der Waals surface area contributed by atoms with Gasteiger partial charge >= 0.3 is 5.69 Å². The molecular formula is C9H11N5OS. The Bertz CT molecular complexity index is 574. The average Bonchev–Trinajstić information content (AvgIpc) is 2.54. The highest BCUT2D eigenvalue weighted by atomic mass is 32.2. The maximum Gasteiger partial charge on any atom is 0.343 e. The lowest BCUT2D eigenvalue weighted by Crippen LogP contribution is -2.12. The molecule has 2 aromatic heterocycles. The fourth-order valence-corrected chi connectivity index (χ4v) is 1.94. The number of nitrogens with zero attached hydrogens (tertiary/aromatic N) is 3. The molecule has 0 saturated heterocycles. The third kappa shape index (κ3) is 1.94. The number of pyridine rings is 1. The largest absolute Gasteiger partial charge is 0.397 e. The second-order valence-electron chi connectivity index (χ2n) is 3.38. The van der Waals surface area contributed by atoms with Crippen molar-refractivity contribution in [3.63, 3.8) is 0 Å². The summed E-state index contributed by atoms with van der Waals surface area (Å²) in [6, 6.07) is 1.83.